The molecule has 0 saturated heterocycles. The zero-order valence-corrected chi connectivity index (χ0v) is 13.3. The average molecular weight is 325 g/mol. The fourth-order valence-corrected chi connectivity index (χ4v) is 2.24. The van der Waals surface area contributed by atoms with Crippen molar-refractivity contribution in [3.63, 3.8) is 0 Å². The van der Waals surface area contributed by atoms with Crippen molar-refractivity contribution >= 4 is 11.6 Å². The van der Waals surface area contributed by atoms with E-state index in [1.54, 1.807) is 42.1 Å². The molecule has 5 nitrogen and oxygen atoms in total. The summed E-state index contributed by atoms with van der Waals surface area (Å²) in [6, 6.07) is 7.08. The number of nitrogens with one attached hydrogen (secondary N) is 1. The first kappa shape index (κ1) is 15.1. The molecular formula is C17H13ClN4O. The fraction of sp³-hybridized carbons (Fsp3) is 0.118. The lowest BCUT2D eigenvalue weighted by molar-refractivity contribution is 0.919. The highest BCUT2D eigenvalue weighted by molar-refractivity contribution is 6.29. The van der Waals surface area contributed by atoms with Gasteiger partial charge in [-0.3, -0.25) is 9.36 Å². The quantitative estimate of drug-likeness (QED) is 0.553. The first-order chi connectivity index (χ1) is 11.0. The Bertz CT molecular complexity index is 992. The number of H-pyrrole nitrogens is 1. The van der Waals surface area contributed by atoms with E-state index in [1.165, 1.54) is 0 Å². The molecule has 3 aromatic rings. The predicted molar refractivity (Wildman–Crippen MR) is 88.9 cm³/mol. The minimum Gasteiger partial charge on any atom is -0.308 e. The molecule has 0 aromatic carbocycles. The van der Waals surface area contributed by atoms with E-state index in [-0.39, 0.29) is 5.56 Å². The van der Waals surface area contributed by atoms with Gasteiger partial charge in [0, 0.05) is 23.5 Å². The minimum atomic E-state index is -0.116. The van der Waals surface area contributed by atoms with Crippen LogP contribution in [0.15, 0.2) is 41.5 Å². The topological polar surface area (TPSA) is 63.6 Å². The smallest absolute Gasteiger partial charge is 0.252 e. The normalized spacial score (nSPS) is 10.2. The van der Waals surface area contributed by atoms with Gasteiger partial charge in [0.1, 0.15) is 22.5 Å². The monoisotopic (exact) mass is 324 g/mol. The van der Waals surface area contributed by atoms with Gasteiger partial charge >= 0.3 is 0 Å². The summed E-state index contributed by atoms with van der Waals surface area (Å²) in [7, 11) is 0. The Kier molecular flexibility index (Phi) is 4.00. The second kappa shape index (κ2) is 6.11. The molecule has 3 heterocycles. The molecule has 0 bridgehead atoms. The number of aromatic nitrogens is 4. The van der Waals surface area contributed by atoms with E-state index in [0.717, 1.165) is 11.4 Å². The molecule has 0 spiro atoms. The Hall–Kier alpha value is -2.84. The third-order valence-electron chi connectivity index (χ3n) is 3.29. The largest absolute Gasteiger partial charge is 0.308 e. The SMILES string of the molecule is Cc1ccc(-n2cc(C#Cc3ccnc(Cl)c3)nc2C)[nH]c1=O. The summed E-state index contributed by atoms with van der Waals surface area (Å²) < 4.78 is 1.80. The lowest BCUT2D eigenvalue weighted by Crippen LogP contribution is -2.12. The van der Waals surface area contributed by atoms with Gasteiger partial charge < -0.3 is 4.98 Å². The second-order valence-corrected chi connectivity index (χ2v) is 5.40. The number of nitrogens with zero attached hydrogens (tertiary/aromatic N) is 3. The molecule has 0 fully saturated rings. The van der Waals surface area contributed by atoms with E-state index < -0.39 is 0 Å². The molecule has 0 aliphatic carbocycles. The van der Waals surface area contributed by atoms with Crippen molar-refractivity contribution < 1.29 is 0 Å². The van der Waals surface area contributed by atoms with Crippen LogP contribution in [-0.2, 0) is 0 Å². The Morgan fingerprint density at radius 3 is 2.78 bits per heavy atom. The highest BCUT2D eigenvalue weighted by Gasteiger charge is 2.06. The van der Waals surface area contributed by atoms with Crippen LogP contribution in [0, 0.1) is 25.7 Å². The number of rotatable bonds is 1. The lowest BCUT2D eigenvalue weighted by Gasteiger charge is -2.04. The van der Waals surface area contributed by atoms with Crippen LogP contribution in [0.1, 0.15) is 22.6 Å². The van der Waals surface area contributed by atoms with Gasteiger partial charge in [-0.1, -0.05) is 23.6 Å². The van der Waals surface area contributed by atoms with Crippen LogP contribution in [0.4, 0.5) is 0 Å². The summed E-state index contributed by atoms with van der Waals surface area (Å²) in [5, 5.41) is 0.399. The first-order valence-electron chi connectivity index (χ1n) is 6.93. The van der Waals surface area contributed by atoms with E-state index >= 15 is 0 Å². The molecule has 6 heteroatoms. The lowest BCUT2D eigenvalue weighted by atomic mass is 10.2. The second-order valence-electron chi connectivity index (χ2n) is 5.02. The number of pyridine rings is 2. The molecule has 0 saturated carbocycles. The number of hydrogen-bond acceptors (Lipinski definition) is 3. The van der Waals surface area contributed by atoms with Crippen molar-refractivity contribution in [2.45, 2.75) is 13.8 Å². The molecule has 0 aliphatic heterocycles. The van der Waals surface area contributed by atoms with Crippen LogP contribution in [0.3, 0.4) is 0 Å². The Morgan fingerprint density at radius 1 is 1.22 bits per heavy atom. The highest BCUT2D eigenvalue weighted by atomic mass is 35.5. The summed E-state index contributed by atoms with van der Waals surface area (Å²) in [6.07, 6.45) is 3.39. The fourth-order valence-electron chi connectivity index (χ4n) is 2.07. The Morgan fingerprint density at radius 2 is 2.04 bits per heavy atom. The molecule has 0 amide bonds. The van der Waals surface area contributed by atoms with E-state index in [0.29, 0.717) is 22.2 Å². The molecule has 3 rings (SSSR count). The molecule has 0 unspecified atom stereocenters. The third kappa shape index (κ3) is 3.33. The summed E-state index contributed by atoms with van der Waals surface area (Å²) >= 11 is 5.83. The number of halogens is 1. The molecule has 1 N–H and O–H groups in total. The third-order valence-corrected chi connectivity index (χ3v) is 3.50. The Labute approximate surface area is 138 Å². The average Bonchev–Trinajstić information content (AvgIpc) is 2.89. The van der Waals surface area contributed by atoms with Crippen LogP contribution in [0.5, 0.6) is 0 Å². The number of aromatic amines is 1. The molecular weight excluding hydrogens is 312 g/mol. The summed E-state index contributed by atoms with van der Waals surface area (Å²) in [5.74, 6) is 7.37. The van der Waals surface area contributed by atoms with E-state index in [1.807, 2.05) is 13.0 Å². The molecule has 0 radical (unpaired) electrons. The molecule has 0 aliphatic rings. The van der Waals surface area contributed by atoms with Gasteiger partial charge in [0.25, 0.3) is 5.56 Å². The van der Waals surface area contributed by atoms with Crippen molar-refractivity contribution in [1.82, 2.24) is 19.5 Å². The number of imidazole rings is 1. The number of aryl methyl sites for hydroxylation is 2. The van der Waals surface area contributed by atoms with E-state index in [4.69, 9.17) is 11.6 Å². The van der Waals surface area contributed by atoms with Gasteiger partial charge in [-0.15, -0.1) is 0 Å². The molecule has 114 valence electrons. The molecule has 3 aromatic heterocycles. The molecule has 23 heavy (non-hydrogen) atoms. The molecule has 0 atom stereocenters. The van der Waals surface area contributed by atoms with Crippen molar-refractivity contribution in [3.05, 3.63) is 74.8 Å². The van der Waals surface area contributed by atoms with Gasteiger partial charge in [-0.2, -0.15) is 0 Å². The minimum absolute atomic E-state index is 0.116. The van der Waals surface area contributed by atoms with Gasteiger partial charge in [0.2, 0.25) is 0 Å². The van der Waals surface area contributed by atoms with Crippen molar-refractivity contribution in [2.24, 2.45) is 0 Å². The standard InChI is InChI=1S/C17H13ClN4O/c1-11-3-6-16(21-17(11)23)22-10-14(20-12(22)2)5-4-13-7-8-19-15(18)9-13/h3,6-10H,1-2H3,(H,21,23). The van der Waals surface area contributed by atoms with Crippen LogP contribution < -0.4 is 5.56 Å². The maximum Gasteiger partial charge on any atom is 0.252 e. The predicted octanol–water partition coefficient (Wildman–Crippen LogP) is 2.63. The van der Waals surface area contributed by atoms with Crippen molar-refractivity contribution in [2.75, 3.05) is 0 Å². The summed E-state index contributed by atoms with van der Waals surface area (Å²) in [6.45, 7) is 3.62. The maximum absolute atomic E-state index is 11.7. The van der Waals surface area contributed by atoms with Gasteiger partial charge in [-0.05, 0) is 38.0 Å². The zero-order chi connectivity index (χ0) is 16.4. The van der Waals surface area contributed by atoms with Gasteiger partial charge in [0.15, 0.2) is 0 Å². The number of hydrogen-bond donors (Lipinski definition) is 1. The summed E-state index contributed by atoms with van der Waals surface area (Å²) in [4.78, 5) is 22.9. The van der Waals surface area contributed by atoms with Crippen LogP contribution in [0.25, 0.3) is 5.82 Å². The van der Waals surface area contributed by atoms with Gasteiger partial charge in [-0.25, -0.2) is 9.97 Å². The van der Waals surface area contributed by atoms with E-state index in [9.17, 15) is 4.79 Å². The zero-order valence-electron chi connectivity index (χ0n) is 12.6. The first-order valence-corrected chi connectivity index (χ1v) is 7.30. The Balaban J connectivity index is 1.95. The van der Waals surface area contributed by atoms with Crippen molar-refractivity contribution in [3.8, 4) is 17.7 Å². The van der Waals surface area contributed by atoms with E-state index in [2.05, 4.69) is 26.8 Å². The highest BCUT2D eigenvalue weighted by Crippen LogP contribution is 2.10. The van der Waals surface area contributed by atoms with Gasteiger partial charge in [0.05, 0.1) is 0 Å². The van der Waals surface area contributed by atoms with Crippen LogP contribution in [0.2, 0.25) is 5.15 Å². The van der Waals surface area contributed by atoms with Crippen molar-refractivity contribution in [1.29, 1.82) is 0 Å². The maximum atomic E-state index is 11.7. The van der Waals surface area contributed by atoms with Crippen LogP contribution >= 0.6 is 11.6 Å². The van der Waals surface area contributed by atoms with Crippen LogP contribution in [-0.4, -0.2) is 19.5 Å². The summed E-state index contributed by atoms with van der Waals surface area (Å²) in [5.41, 5.74) is 1.92.